The minimum atomic E-state index is -0.226. The summed E-state index contributed by atoms with van der Waals surface area (Å²) in [5, 5.41) is 3.61. The summed E-state index contributed by atoms with van der Waals surface area (Å²) in [4.78, 5) is 14.4. The van der Waals surface area contributed by atoms with Gasteiger partial charge in [0.05, 0.1) is 23.9 Å². The molecular weight excluding hydrogens is 290 g/mol. The van der Waals surface area contributed by atoms with Gasteiger partial charge in [-0.25, -0.2) is 0 Å². The topological polar surface area (TPSA) is 67.6 Å². The molecule has 0 spiro atoms. The number of benzene rings is 1. The highest BCUT2D eigenvalue weighted by Gasteiger charge is 2.33. The van der Waals surface area contributed by atoms with Crippen LogP contribution in [0.4, 0.5) is 5.69 Å². The molecule has 5 nitrogen and oxygen atoms in total. The Hall–Kier alpha value is -1.30. The first kappa shape index (κ1) is 14.6. The number of hydrogen-bond donors (Lipinski definition) is 2. The lowest BCUT2D eigenvalue weighted by molar-refractivity contribution is -0.133. The van der Waals surface area contributed by atoms with Gasteiger partial charge in [0, 0.05) is 19.1 Å². The van der Waals surface area contributed by atoms with Crippen molar-refractivity contribution < 1.29 is 9.53 Å². The van der Waals surface area contributed by atoms with Crippen molar-refractivity contribution >= 4 is 23.2 Å². The summed E-state index contributed by atoms with van der Waals surface area (Å²) in [6, 6.07) is 5.76. The molecule has 0 aromatic heterocycles. The maximum Gasteiger partial charge on any atom is 0.239 e. The second kappa shape index (κ2) is 6.22. The molecule has 1 aromatic rings. The van der Waals surface area contributed by atoms with Crippen molar-refractivity contribution in [2.24, 2.45) is 0 Å². The molecule has 0 bridgehead atoms. The zero-order valence-electron chi connectivity index (χ0n) is 11.8. The maximum absolute atomic E-state index is 12.3. The minimum Gasteiger partial charge on any atom is -0.398 e. The number of amides is 1. The van der Waals surface area contributed by atoms with E-state index in [1.807, 2.05) is 12.1 Å². The van der Waals surface area contributed by atoms with Crippen LogP contribution in [-0.4, -0.2) is 42.6 Å². The summed E-state index contributed by atoms with van der Waals surface area (Å²) in [7, 11) is 0. The number of nitrogens with zero attached hydrogens (tertiary/aromatic N) is 1. The Labute approximate surface area is 129 Å². The number of morpholine rings is 1. The summed E-state index contributed by atoms with van der Waals surface area (Å²) in [6.07, 6.45) is 2.18. The van der Waals surface area contributed by atoms with E-state index in [2.05, 4.69) is 10.2 Å². The molecule has 2 aliphatic rings. The second-order valence-electron chi connectivity index (χ2n) is 5.70. The number of carbonyl (C=O) groups is 1. The standard InChI is InChI=1S/C15H20ClN3O2/c16-12-4-1-10(7-13(12)17)8-19-5-6-21-9-14(19)15(20)18-11-2-3-11/h1,4,7,11,14H,2-3,5-6,8-9,17H2,(H,18,20). The van der Waals surface area contributed by atoms with Gasteiger partial charge in [0.1, 0.15) is 6.04 Å². The fraction of sp³-hybridized carbons (Fsp3) is 0.533. The molecule has 1 aromatic carbocycles. The highest BCUT2D eigenvalue weighted by Crippen LogP contribution is 2.23. The number of ether oxygens (including phenoxy) is 1. The van der Waals surface area contributed by atoms with Gasteiger partial charge in [-0.3, -0.25) is 9.69 Å². The highest BCUT2D eigenvalue weighted by molar-refractivity contribution is 6.33. The average molecular weight is 310 g/mol. The third-order valence-electron chi connectivity index (χ3n) is 3.91. The number of nitrogens with two attached hydrogens (primary N) is 1. The normalized spacial score (nSPS) is 23.0. The van der Waals surface area contributed by atoms with Gasteiger partial charge >= 0.3 is 0 Å². The van der Waals surface area contributed by atoms with Gasteiger partial charge in [-0.15, -0.1) is 0 Å². The largest absolute Gasteiger partial charge is 0.398 e. The molecular formula is C15H20ClN3O2. The molecule has 1 unspecified atom stereocenters. The van der Waals surface area contributed by atoms with E-state index < -0.39 is 0 Å². The predicted molar refractivity (Wildman–Crippen MR) is 82.0 cm³/mol. The number of rotatable bonds is 4. The van der Waals surface area contributed by atoms with Gasteiger partial charge in [-0.1, -0.05) is 17.7 Å². The van der Waals surface area contributed by atoms with Crippen LogP contribution in [0.1, 0.15) is 18.4 Å². The summed E-state index contributed by atoms with van der Waals surface area (Å²) < 4.78 is 5.47. The Morgan fingerprint density at radius 3 is 3.00 bits per heavy atom. The first-order chi connectivity index (χ1) is 10.1. The van der Waals surface area contributed by atoms with Crippen molar-refractivity contribution in [3.8, 4) is 0 Å². The number of hydrogen-bond acceptors (Lipinski definition) is 4. The van der Waals surface area contributed by atoms with Crippen LogP contribution in [0.15, 0.2) is 18.2 Å². The first-order valence-electron chi connectivity index (χ1n) is 7.29. The predicted octanol–water partition coefficient (Wildman–Crippen LogP) is 1.40. The van der Waals surface area contributed by atoms with Gasteiger partial charge in [0.2, 0.25) is 5.91 Å². The Morgan fingerprint density at radius 2 is 2.29 bits per heavy atom. The van der Waals surface area contributed by atoms with E-state index in [1.54, 1.807) is 6.07 Å². The highest BCUT2D eigenvalue weighted by atomic mass is 35.5. The van der Waals surface area contributed by atoms with Crippen molar-refractivity contribution in [2.75, 3.05) is 25.5 Å². The van der Waals surface area contributed by atoms with Crippen molar-refractivity contribution in [1.82, 2.24) is 10.2 Å². The maximum atomic E-state index is 12.3. The molecule has 1 aliphatic carbocycles. The van der Waals surface area contributed by atoms with E-state index in [1.165, 1.54) is 0 Å². The molecule has 21 heavy (non-hydrogen) atoms. The number of anilines is 1. The molecule has 2 fully saturated rings. The molecule has 114 valence electrons. The van der Waals surface area contributed by atoms with Crippen LogP contribution in [0, 0.1) is 0 Å². The Morgan fingerprint density at radius 1 is 1.48 bits per heavy atom. The summed E-state index contributed by atoms with van der Waals surface area (Å²) >= 11 is 5.94. The van der Waals surface area contributed by atoms with Crippen LogP contribution in [0.5, 0.6) is 0 Å². The van der Waals surface area contributed by atoms with Gasteiger partial charge in [0.25, 0.3) is 0 Å². The molecule has 1 atom stereocenters. The van der Waals surface area contributed by atoms with Gasteiger partial charge in [-0.05, 0) is 30.5 Å². The number of nitrogens with one attached hydrogen (secondary N) is 1. The molecule has 1 aliphatic heterocycles. The zero-order valence-corrected chi connectivity index (χ0v) is 12.6. The van der Waals surface area contributed by atoms with Crippen LogP contribution in [0.2, 0.25) is 5.02 Å². The molecule has 3 rings (SSSR count). The average Bonchev–Trinajstić information content (AvgIpc) is 3.27. The monoisotopic (exact) mass is 309 g/mol. The Balaban J connectivity index is 1.68. The van der Waals surface area contributed by atoms with Crippen LogP contribution in [-0.2, 0) is 16.1 Å². The fourth-order valence-corrected chi connectivity index (χ4v) is 2.64. The van der Waals surface area contributed by atoms with Crippen molar-refractivity contribution in [3.05, 3.63) is 28.8 Å². The smallest absolute Gasteiger partial charge is 0.239 e. The van der Waals surface area contributed by atoms with Gasteiger partial charge in [0.15, 0.2) is 0 Å². The van der Waals surface area contributed by atoms with Crippen molar-refractivity contribution in [3.63, 3.8) is 0 Å². The molecule has 6 heteroatoms. The molecule has 1 saturated heterocycles. The SMILES string of the molecule is Nc1cc(CN2CCOCC2C(=O)NC2CC2)ccc1Cl. The van der Waals surface area contributed by atoms with E-state index in [4.69, 9.17) is 22.1 Å². The molecule has 1 heterocycles. The van der Waals surface area contributed by atoms with Crippen LogP contribution in [0.3, 0.4) is 0 Å². The molecule has 1 saturated carbocycles. The quantitative estimate of drug-likeness (QED) is 0.825. The Kier molecular flexibility index (Phi) is 4.33. The summed E-state index contributed by atoms with van der Waals surface area (Å²) in [5.74, 6) is 0.0686. The first-order valence-corrected chi connectivity index (χ1v) is 7.67. The number of nitrogen functional groups attached to an aromatic ring is 1. The molecule has 3 N–H and O–H groups in total. The lowest BCUT2D eigenvalue weighted by Crippen LogP contribution is -2.53. The minimum absolute atomic E-state index is 0.0686. The number of carbonyl (C=O) groups excluding carboxylic acids is 1. The lowest BCUT2D eigenvalue weighted by atomic mass is 10.1. The van der Waals surface area contributed by atoms with E-state index in [0.717, 1.165) is 24.9 Å². The third kappa shape index (κ3) is 3.67. The summed E-state index contributed by atoms with van der Waals surface area (Å²) in [6.45, 7) is 2.51. The van der Waals surface area contributed by atoms with Crippen LogP contribution in [0.25, 0.3) is 0 Å². The van der Waals surface area contributed by atoms with Gasteiger partial charge < -0.3 is 15.8 Å². The van der Waals surface area contributed by atoms with Crippen LogP contribution >= 0.6 is 11.6 Å². The van der Waals surface area contributed by atoms with E-state index in [9.17, 15) is 4.79 Å². The third-order valence-corrected chi connectivity index (χ3v) is 4.26. The van der Waals surface area contributed by atoms with E-state index in [0.29, 0.717) is 36.5 Å². The van der Waals surface area contributed by atoms with Gasteiger partial charge in [-0.2, -0.15) is 0 Å². The fourth-order valence-electron chi connectivity index (χ4n) is 2.52. The Bertz CT molecular complexity index is 534. The summed E-state index contributed by atoms with van der Waals surface area (Å²) in [5.41, 5.74) is 7.47. The van der Waals surface area contributed by atoms with Crippen molar-refractivity contribution in [1.29, 1.82) is 0 Å². The number of halogens is 1. The second-order valence-corrected chi connectivity index (χ2v) is 6.11. The van der Waals surface area contributed by atoms with Crippen LogP contribution < -0.4 is 11.1 Å². The van der Waals surface area contributed by atoms with E-state index in [-0.39, 0.29) is 11.9 Å². The molecule has 1 amide bonds. The van der Waals surface area contributed by atoms with Crippen molar-refractivity contribution in [2.45, 2.75) is 31.5 Å². The zero-order chi connectivity index (χ0) is 14.8. The lowest BCUT2D eigenvalue weighted by Gasteiger charge is -2.34. The molecule has 0 radical (unpaired) electrons. The van der Waals surface area contributed by atoms with E-state index >= 15 is 0 Å².